The highest BCUT2D eigenvalue weighted by molar-refractivity contribution is 6.05. The largest absolute Gasteiger partial charge is 0.422 e. The fraction of sp³-hybridized carbons (Fsp3) is 0. The average Bonchev–Trinajstić information content (AvgIpc) is 2.76. The molecular formula is C15H8N2O2. The molecule has 0 radical (unpaired) electrons. The molecule has 0 N–H and O–H groups in total. The van der Waals surface area contributed by atoms with Crippen LogP contribution in [0, 0.1) is 11.3 Å². The number of carbonyl (C=O) groups is 1. The number of fused-ring (bicyclic) bond motifs is 1. The number of hydrogen-bond donors (Lipinski definition) is 0. The van der Waals surface area contributed by atoms with E-state index in [4.69, 9.17) is 10.00 Å². The summed E-state index contributed by atoms with van der Waals surface area (Å²) < 4.78 is 5.23. The van der Waals surface area contributed by atoms with Gasteiger partial charge in [-0.25, -0.2) is 9.78 Å². The van der Waals surface area contributed by atoms with Gasteiger partial charge >= 0.3 is 5.97 Å². The van der Waals surface area contributed by atoms with Crippen LogP contribution in [0.25, 0.3) is 11.8 Å². The smallest absolute Gasteiger partial charge is 0.344 e. The first-order valence-electron chi connectivity index (χ1n) is 5.67. The van der Waals surface area contributed by atoms with Gasteiger partial charge < -0.3 is 4.74 Å². The molecule has 0 atom stereocenters. The Kier molecular flexibility index (Phi) is 2.58. The Balaban J connectivity index is 2.06. The van der Waals surface area contributed by atoms with E-state index in [9.17, 15) is 4.79 Å². The minimum Gasteiger partial charge on any atom is -0.422 e. The van der Waals surface area contributed by atoms with E-state index in [0.29, 0.717) is 17.0 Å². The molecule has 1 aromatic heterocycles. The highest BCUT2D eigenvalue weighted by Crippen LogP contribution is 2.30. The Labute approximate surface area is 109 Å². The van der Waals surface area contributed by atoms with Crippen molar-refractivity contribution >= 4 is 17.8 Å². The number of nitriles is 1. The van der Waals surface area contributed by atoms with Gasteiger partial charge in [0.15, 0.2) is 0 Å². The fourth-order valence-corrected chi connectivity index (χ4v) is 1.94. The van der Waals surface area contributed by atoms with Crippen LogP contribution in [0.4, 0.5) is 0 Å². The summed E-state index contributed by atoms with van der Waals surface area (Å²) >= 11 is 0. The minimum atomic E-state index is -0.351. The van der Waals surface area contributed by atoms with Crippen LogP contribution in [-0.2, 0) is 4.74 Å². The van der Waals surface area contributed by atoms with Crippen LogP contribution in [0.15, 0.2) is 42.6 Å². The van der Waals surface area contributed by atoms with Crippen molar-refractivity contribution in [3.63, 3.8) is 0 Å². The molecule has 4 nitrogen and oxygen atoms in total. The van der Waals surface area contributed by atoms with E-state index in [0.717, 1.165) is 11.1 Å². The van der Waals surface area contributed by atoms with Crippen molar-refractivity contribution in [3.05, 3.63) is 65.0 Å². The Morgan fingerprint density at radius 2 is 2.00 bits per heavy atom. The second-order valence-corrected chi connectivity index (χ2v) is 4.03. The van der Waals surface area contributed by atoms with Crippen LogP contribution in [0.1, 0.15) is 27.2 Å². The molecule has 2 aromatic rings. The van der Waals surface area contributed by atoms with Gasteiger partial charge in [-0.3, -0.25) is 0 Å². The Hall–Kier alpha value is -2.93. The summed E-state index contributed by atoms with van der Waals surface area (Å²) in [4.78, 5) is 15.6. The van der Waals surface area contributed by atoms with Crippen LogP contribution in [-0.4, -0.2) is 11.0 Å². The van der Waals surface area contributed by atoms with Gasteiger partial charge in [-0.05, 0) is 29.8 Å². The highest BCUT2D eigenvalue weighted by Gasteiger charge is 2.25. The van der Waals surface area contributed by atoms with E-state index in [-0.39, 0.29) is 5.97 Å². The zero-order valence-electron chi connectivity index (χ0n) is 9.83. The number of nitrogens with zero attached hydrogens (tertiary/aromatic N) is 2. The first-order chi connectivity index (χ1) is 9.28. The lowest BCUT2D eigenvalue weighted by molar-refractivity contribution is 0.0717. The van der Waals surface area contributed by atoms with Gasteiger partial charge in [0.05, 0.1) is 5.56 Å². The van der Waals surface area contributed by atoms with Gasteiger partial charge in [0.2, 0.25) is 0 Å². The van der Waals surface area contributed by atoms with Crippen molar-refractivity contribution in [1.29, 1.82) is 5.26 Å². The molecule has 1 aliphatic rings. The standard InChI is InChI=1S/C15H8N2O2/c16-9-11-7-10(5-6-17-11)8-14-12-3-1-2-4-13(12)15(18)19-14/h1-8H. The number of ether oxygens (including phenoxy) is 1. The maximum atomic E-state index is 11.7. The van der Waals surface area contributed by atoms with Crippen LogP contribution < -0.4 is 0 Å². The third-order valence-electron chi connectivity index (χ3n) is 2.81. The SMILES string of the molecule is N#Cc1cc(C=C2OC(=O)c3ccccc32)ccn1. The molecule has 4 heteroatoms. The number of carbonyl (C=O) groups excluding carboxylic acids is 1. The highest BCUT2D eigenvalue weighted by atomic mass is 16.5. The fourth-order valence-electron chi connectivity index (χ4n) is 1.94. The average molecular weight is 248 g/mol. The maximum absolute atomic E-state index is 11.7. The van der Waals surface area contributed by atoms with E-state index >= 15 is 0 Å². The summed E-state index contributed by atoms with van der Waals surface area (Å²) in [7, 11) is 0. The summed E-state index contributed by atoms with van der Waals surface area (Å²) in [5.74, 6) is 0.145. The Morgan fingerprint density at radius 1 is 1.21 bits per heavy atom. The third-order valence-corrected chi connectivity index (χ3v) is 2.81. The van der Waals surface area contributed by atoms with Crippen LogP contribution in [0.3, 0.4) is 0 Å². The van der Waals surface area contributed by atoms with Gasteiger partial charge in [-0.1, -0.05) is 18.2 Å². The number of aromatic nitrogens is 1. The molecule has 2 heterocycles. The van der Waals surface area contributed by atoms with Gasteiger partial charge in [-0.15, -0.1) is 0 Å². The van der Waals surface area contributed by atoms with E-state index in [1.54, 1.807) is 36.5 Å². The molecule has 0 fully saturated rings. The third kappa shape index (κ3) is 1.98. The predicted octanol–water partition coefficient (Wildman–Crippen LogP) is 2.62. The lowest BCUT2D eigenvalue weighted by atomic mass is 10.1. The number of esters is 1. The number of rotatable bonds is 1. The molecule has 90 valence electrons. The quantitative estimate of drug-likeness (QED) is 0.728. The zero-order valence-corrected chi connectivity index (χ0v) is 9.83. The number of benzene rings is 1. The predicted molar refractivity (Wildman–Crippen MR) is 68.7 cm³/mol. The van der Waals surface area contributed by atoms with Gasteiger partial charge in [-0.2, -0.15) is 5.26 Å². The number of cyclic esters (lactones) is 1. The first kappa shape index (κ1) is 11.2. The van der Waals surface area contributed by atoms with E-state index < -0.39 is 0 Å². The second kappa shape index (κ2) is 4.39. The van der Waals surface area contributed by atoms with Gasteiger partial charge in [0, 0.05) is 11.8 Å². The summed E-state index contributed by atoms with van der Waals surface area (Å²) in [6.45, 7) is 0. The van der Waals surface area contributed by atoms with Gasteiger partial charge in [0.25, 0.3) is 0 Å². The molecule has 0 spiro atoms. The molecule has 0 saturated heterocycles. The normalized spacial score (nSPS) is 14.9. The van der Waals surface area contributed by atoms with Crippen molar-refractivity contribution in [2.45, 2.75) is 0 Å². The van der Waals surface area contributed by atoms with Crippen molar-refractivity contribution in [3.8, 4) is 6.07 Å². The summed E-state index contributed by atoms with van der Waals surface area (Å²) in [6, 6.07) is 12.6. The first-order valence-corrected chi connectivity index (χ1v) is 5.67. The van der Waals surface area contributed by atoms with Crippen molar-refractivity contribution in [2.75, 3.05) is 0 Å². The monoisotopic (exact) mass is 248 g/mol. The van der Waals surface area contributed by atoms with Gasteiger partial charge in [0.1, 0.15) is 17.5 Å². The molecule has 19 heavy (non-hydrogen) atoms. The van der Waals surface area contributed by atoms with E-state index in [2.05, 4.69) is 4.98 Å². The lowest BCUT2D eigenvalue weighted by Gasteiger charge is -1.99. The maximum Gasteiger partial charge on any atom is 0.344 e. The summed E-state index contributed by atoms with van der Waals surface area (Å²) in [5, 5.41) is 8.80. The van der Waals surface area contributed by atoms with Crippen LogP contribution in [0.2, 0.25) is 0 Å². The minimum absolute atomic E-state index is 0.326. The lowest BCUT2D eigenvalue weighted by Crippen LogP contribution is -1.92. The second-order valence-electron chi connectivity index (χ2n) is 4.03. The number of hydrogen-bond acceptors (Lipinski definition) is 4. The van der Waals surface area contributed by atoms with Crippen LogP contribution >= 0.6 is 0 Å². The Morgan fingerprint density at radius 3 is 2.79 bits per heavy atom. The molecule has 0 aliphatic carbocycles. The van der Waals surface area contributed by atoms with Crippen molar-refractivity contribution < 1.29 is 9.53 Å². The molecule has 3 rings (SSSR count). The van der Waals surface area contributed by atoms with Crippen molar-refractivity contribution in [2.24, 2.45) is 0 Å². The topological polar surface area (TPSA) is 63.0 Å². The summed E-state index contributed by atoms with van der Waals surface area (Å²) in [6.07, 6.45) is 3.28. The molecule has 1 aromatic carbocycles. The molecule has 0 saturated carbocycles. The number of pyridine rings is 1. The molecule has 0 amide bonds. The Bertz CT molecular complexity index is 742. The molecular weight excluding hydrogens is 240 g/mol. The summed E-state index contributed by atoms with van der Waals surface area (Å²) in [5.41, 5.74) is 2.42. The van der Waals surface area contributed by atoms with Crippen molar-refractivity contribution in [1.82, 2.24) is 4.98 Å². The zero-order chi connectivity index (χ0) is 13.2. The molecule has 0 unspecified atom stereocenters. The molecule has 0 bridgehead atoms. The molecule has 1 aliphatic heterocycles. The van der Waals surface area contributed by atoms with E-state index in [1.165, 1.54) is 0 Å². The van der Waals surface area contributed by atoms with Crippen LogP contribution in [0.5, 0.6) is 0 Å². The van der Waals surface area contributed by atoms with E-state index in [1.807, 2.05) is 18.2 Å².